The molecule has 0 bridgehead atoms. The van der Waals surface area contributed by atoms with Crippen LogP contribution in [0.5, 0.6) is 0 Å². The SMILES string of the molecule is O=S(=O)(NC1CC1)c1ccccc1Nc1nc(Nc2ccc3c(c2)CCC(N2CCCC2)CC3)ncc1Cl. The molecule has 38 heavy (non-hydrogen) atoms. The van der Waals surface area contributed by atoms with Crippen molar-refractivity contribution in [2.75, 3.05) is 23.7 Å². The average Bonchev–Trinajstić information content (AvgIpc) is 3.60. The second-order valence-corrected chi connectivity index (χ2v) is 12.6. The van der Waals surface area contributed by atoms with Crippen molar-refractivity contribution in [3.05, 3.63) is 64.8 Å². The highest BCUT2D eigenvalue weighted by atomic mass is 35.5. The summed E-state index contributed by atoms with van der Waals surface area (Å²) in [7, 11) is -3.66. The molecule has 2 fully saturated rings. The number of halogens is 1. The number of hydrogen-bond acceptors (Lipinski definition) is 7. The molecule has 1 aromatic heterocycles. The van der Waals surface area contributed by atoms with Crippen LogP contribution in [0.1, 0.15) is 49.7 Å². The molecule has 0 spiro atoms. The van der Waals surface area contributed by atoms with Crippen LogP contribution in [0, 0.1) is 0 Å². The number of para-hydroxylation sites is 1. The molecule has 2 heterocycles. The van der Waals surface area contributed by atoms with Gasteiger partial charge in [0.25, 0.3) is 0 Å². The minimum absolute atomic E-state index is 0.0125. The smallest absolute Gasteiger partial charge is 0.242 e. The van der Waals surface area contributed by atoms with E-state index in [0.29, 0.717) is 28.5 Å². The topological polar surface area (TPSA) is 99.2 Å². The molecule has 200 valence electrons. The first kappa shape index (κ1) is 25.6. The third-order valence-electron chi connectivity index (χ3n) is 7.69. The van der Waals surface area contributed by atoms with E-state index in [9.17, 15) is 8.42 Å². The average molecular weight is 553 g/mol. The Hall–Kier alpha value is -2.72. The van der Waals surface area contributed by atoms with Crippen LogP contribution >= 0.6 is 11.6 Å². The monoisotopic (exact) mass is 552 g/mol. The zero-order chi connectivity index (χ0) is 26.1. The summed E-state index contributed by atoms with van der Waals surface area (Å²) in [5.41, 5.74) is 4.14. The Morgan fingerprint density at radius 2 is 1.68 bits per heavy atom. The molecule has 1 atom stereocenters. The van der Waals surface area contributed by atoms with Gasteiger partial charge in [0.1, 0.15) is 9.92 Å². The minimum Gasteiger partial charge on any atom is -0.338 e. The Morgan fingerprint density at radius 3 is 2.47 bits per heavy atom. The van der Waals surface area contributed by atoms with Crippen molar-refractivity contribution in [3.63, 3.8) is 0 Å². The summed E-state index contributed by atoms with van der Waals surface area (Å²) in [6.07, 6.45) is 10.5. The summed E-state index contributed by atoms with van der Waals surface area (Å²) in [6, 6.07) is 13.9. The first-order valence-corrected chi connectivity index (χ1v) is 15.3. The maximum Gasteiger partial charge on any atom is 0.242 e. The van der Waals surface area contributed by atoms with Gasteiger partial charge in [-0.3, -0.25) is 0 Å². The number of hydrogen-bond donors (Lipinski definition) is 3. The predicted molar refractivity (Wildman–Crippen MR) is 151 cm³/mol. The number of aryl methyl sites for hydroxylation is 2. The number of nitrogens with zero attached hydrogens (tertiary/aromatic N) is 3. The molecule has 0 amide bonds. The lowest BCUT2D eigenvalue weighted by atomic mass is 10.0. The van der Waals surface area contributed by atoms with E-state index in [4.69, 9.17) is 11.6 Å². The van der Waals surface area contributed by atoms with E-state index in [0.717, 1.165) is 31.4 Å². The molecule has 8 nitrogen and oxygen atoms in total. The van der Waals surface area contributed by atoms with Crippen LogP contribution in [0.15, 0.2) is 53.6 Å². The van der Waals surface area contributed by atoms with Crippen LogP contribution in [0.25, 0.3) is 0 Å². The van der Waals surface area contributed by atoms with E-state index < -0.39 is 10.0 Å². The van der Waals surface area contributed by atoms with Gasteiger partial charge in [0.05, 0.1) is 11.9 Å². The van der Waals surface area contributed by atoms with E-state index in [-0.39, 0.29) is 10.9 Å². The van der Waals surface area contributed by atoms with Gasteiger partial charge in [-0.05, 0) is 99.8 Å². The lowest BCUT2D eigenvalue weighted by Gasteiger charge is -2.25. The lowest BCUT2D eigenvalue weighted by molar-refractivity contribution is 0.222. The summed E-state index contributed by atoms with van der Waals surface area (Å²) < 4.78 is 28.5. The Bertz CT molecular complexity index is 1420. The molecular weight excluding hydrogens is 520 g/mol. The van der Waals surface area contributed by atoms with Gasteiger partial charge < -0.3 is 15.5 Å². The number of anilines is 4. The van der Waals surface area contributed by atoms with Gasteiger partial charge in [0.2, 0.25) is 16.0 Å². The van der Waals surface area contributed by atoms with Crippen molar-refractivity contribution in [1.82, 2.24) is 19.6 Å². The highest BCUT2D eigenvalue weighted by Gasteiger charge is 2.29. The summed E-state index contributed by atoms with van der Waals surface area (Å²) in [5.74, 6) is 0.721. The molecule has 2 aliphatic carbocycles. The lowest BCUT2D eigenvalue weighted by Crippen LogP contribution is -2.32. The van der Waals surface area contributed by atoms with Crippen LogP contribution in [0.4, 0.5) is 23.1 Å². The first-order valence-electron chi connectivity index (χ1n) is 13.5. The molecule has 1 unspecified atom stereocenters. The van der Waals surface area contributed by atoms with Crippen LogP contribution in [-0.4, -0.2) is 48.5 Å². The highest BCUT2D eigenvalue weighted by Crippen LogP contribution is 2.32. The molecule has 1 saturated heterocycles. The van der Waals surface area contributed by atoms with Gasteiger partial charge in [-0.15, -0.1) is 0 Å². The van der Waals surface area contributed by atoms with Crippen LogP contribution in [-0.2, 0) is 22.9 Å². The van der Waals surface area contributed by atoms with E-state index in [1.54, 1.807) is 24.3 Å². The Kier molecular flexibility index (Phi) is 7.27. The molecule has 1 aliphatic heterocycles. The number of sulfonamides is 1. The van der Waals surface area contributed by atoms with Crippen LogP contribution in [0.3, 0.4) is 0 Å². The fourth-order valence-electron chi connectivity index (χ4n) is 5.50. The third kappa shape index (κ3) is 5.81. The molecule has 3 aromatic rings. The fourth-order valence-corrected chi connectivity index (χ4v) is 7.11. The molecule has 10 heteroatoms. The highest BCUT2D eigenvalue weighted by molar-refractivity contribution is 7.89. The van der Waals surface area contributed by atoms with Crippen molar-refractivity contribution in [3.8, 4) is 0 Å². The zero-order valence-electron chi connectivity index (χ0n) is 21.3. The first-order chi connectivity index (χ1) is 18.4. The van der Waals surface area contributed by atoms with Crippen molar-refractivity contribution >= 4 is 44.8 Å². The van der Waals surface area contributed by atoms with Crippen molar-refractivity contribution in [2.45, 2.75) is 68.3 Å². The van der Waals surface area contributed by atoms with Gasteiger partial charge in [-0.2, -0.15) is 4.98 Å². The number of rotatable bonds is 8. The van der Waals surface area contributed by atoms with Crippen LogP contribution < -0.4 is 15.4 Å². The van der Waals surface area contributed by atoms with Gasteiger partial charge in [0.15, 0.2) is 5.82 Å². The maximum atomic E-state index is 12.9. The summed E-state index contributed by atoms with van der Waals surface area (Å²) in [4.78, 5) is 11.8. The van der Waals surface area contributed by atoms with E-state index in [2.05, 4.69) is 48.4 Å². The van der Waals surface area contributed by atoms with Crippen molar-refractivity contribution < 1.29 is 8.42 Å². The number of likely N-dealkylation sites (tertiary alicyclic amines) is 1. The fraction of sp³-hybridized carbons (Fsp3) is 0.429. The summed E-state index contributed by atoms with van der Waals surface area (Å²) in [5, 5.41) is 6.72. The number of aromatic nitrogens is 2. The molecule has 3 N–H and O–H groups in total. The van der Waals surface area contributed by atoms with Gasteiger partial charge >= 0.3 is 0 Å². The number of benzene rings is 2. The Morgan fingerprint density at radius 1 is 0.921 bits per heavy atom. The third-order valence-corrected chi connectivity index (χ3v) is 9.54. The molecular formula is C28H33ClN6O2S. The predicted octanol–water partition coefficient (Wildman–Crippen LogP) is 5.40. The van der Waals surface area contributed by atoms with Gasteiger partial charge in [-0.25, -0.2) is 18.1 Å². The number of nitrogens with one attached hydrogen (secondary N) is 3. The maximum absolute atomic E-state index is 12.9. The molecule has 6 rings (SSSR count). The largest absolute Gasteiger partial charge is 0.338 e. The van der Waals surface area contributed by atoms with E-state index in [1.165, 1.54) is 56.1 Å². The van der Waals surface area contributed by atoms with Crippen molar-refractivity contribution in [2.24, 2.45) is 0 Å². The number of fused-ring (bicyclic) bond motifs is 1. The molecule has 1 saturated carbocycles. The summed E-state index contributed by atoms with van der Waals surface area (Å²) in [6.45, 7) is 2.48. The zero-order valence-corrected chi connectivity index (χ0v) is 22.9. The van der Waals surface area contributed by atoms with Crippen LogP contribution in [0.2, 0.25) is 5.02 Å². The normalized spacial score (nSPS) is 20.1. The minimum atomic E-state index is -3.66. The Labute approximate surface area is 229 Å². The Balaban J connectivity index is 1.18. The molecule has 2 aromatic carbocycles. The van der Waals surface area contributed by atoms with Crippen molar-refractivity contribution in [1.29, 1.82) is 0 Å². The summed E-state index contributed by atoms with van der Waals surface area (Å²) >= 11 is 6.41. The second kappa shape index (κ2) is 10.8. The van der Waals surface area contributed by atoms with E-state index in [1.807, 2.05) is 0 Å². The molecule has 0 radical (unpaired) electrons. The molecule has 3 aliphatic rings. The van der Waals surface area contributed by atoms with E-state index >= 15 is 0 Å². The van der Waals surface area contributed by atoms with Gasteiger partial charge in [-0.1, -0.05) is 29.8 Å². The second-order valence-electron chi connectivity index (χ2n) is 10.5. The standard InChI is InChI=1S/C28H33ClN6O2S/c29-24-18-30-28(33-27(24)32-25-5-1-2-6-26(25)38(36,37)34-21-11-12-21)31-22-10-7-19-8-13-23(14-9-20(19)17-22)35-15-3-4-16-35/h1-2,5-7,10,17-18,21,23,34H,3-4,8-9,11-16H2,(H2,30,31,32,33). The van der Waals surface area contributed by atoms with Gasteiger partial charge in [0, 0.05) is 17.8 Å². The quantitative estimate of drug-likeness (QED) is 0.322.